The van der Waals surface area contributed by atoms with E-state index in [0.717, 1.165) is 11.3 Å². The number of β-amino-alcohol motifs (C(OH)–C–C–N with tert-alkyl or cyclic N) is 1. The lowest BCUT2D eigenvalue weighted by atomic mass is 9.77. The first-order valence-corrected chi connectivity index (χ1v) is 6.84. The van der Waals surface area contributed by atoms with E-state index in [0.29, 0.717) is 25.4 Å². The number of imide groups is 1. The molecule has 1 heterocycles. The molecule has 0 aromatic rings. The summed E-state index contributed by atoms with van der Waals surface area (Å²) in [5, 5.41) is 12.6. The third-order valence-electron chi connectivity index (χ3n) is 3.61. The summed E-state index contributed by atoms with van der Waals surface area (Å²) in [6.07, 6.45) is 1.53. The van der Waals surface area contributed by atoms with E-state index in [1.165, 1.54) is 0 Å². The minimum absolute atomic E-state index is 0.00448. The Kier molecular flexibility index (Phi) is 4.10. The molecule has 0 unspecified atom stereocenters. The summed E-state index contributed by atoms with van der Waals surface area (Å²) >= 11 is 0. The first-order valence-electron chi connectivity index (χ1n) is 6.84. The lowest BCUT2D eigenvalue weighted by Gasteiger charge is -2.35. The molecule has 2 rings (SSSR count). The van der Waals surface area contributed by atoms with Crippen molar-refractivity contribution in [3.63, 3.8) is 0 Å². The molecule has 108 valence electrons. The normalized spacial score (nSPS) is 22.8. The van der Waals surface area contributed by atoms with Crippen LogP contribution in [0.3, 0.4) is 0 Å². The number of nitrogens with zero attached hydrogens (tertiary/aromatic N) is 1. The van der Waals surface area contributed by atoms with E-state index in [4.69, 9.17) is 4.74 Å². The quantitative estimate of drug-likeness (QED) is 0.689. The van der Waals surface area contributed by atoms with Crippen LogP contribution in [0, 0.1) is 5.92 Å². The van der Waals surface area contributed by atoms with Gasteiger partial charge >= 0.3 is 6.03 Å². The number of hydrogen-bond donors (Lipinski definition) is 2. The molecule has 3 amide bonds. The fourth-order valence-electron chi connectivity index (χ4n) is 2.41. The first-order chi connectivity index (χ1) is 8.94. The Morgan fingerprint density at radius 2 is 2.05 bits per heavy atom. The second kappa shape index (κ2) is 5.46. The van der Waals surface area contributed by atoms with Crippen molar-refractivity contribution in [1.82, 2.24) is 10.2 Å². The highest BCUT2D eigenvalue weighted by molar-refractivity contribution is 6.07. The van der Waals surface area contributed by atoms with Gasteiger partial charge in [-0.1, -0.05) is 13.8 Å². The Hall–Kier alpha value is -1.14. The molecule has 0 radical (unpaired) electrons. The zero-order valence-electron chi connectivity index (χ0n) is 11.5. The average Bonchev–Trinajstić information content (AvgIpc) is 2.52. The van der Waals surface area contributed by atoms with Gasteiger partial charge in [0.25, 0.3) is 5.91 Å². The van der Waals surface area contributed by atoms with E-state index in [9.17, 15) is 14.7 Å². The maximum atomic E-state index is 12.1. The van der Waals surface area contributed by atoms with Gasteiger partial charge in [-0.25, -0.2) is 4.79 Å². The van der Waals surface area contributed by atoms with Gasteiger partial charge in [-0.2, -0.15) is 0 Å². The first kappa shape index (κ1) is 14.3. The van der Waals surface area contributed by atoms with Gasteiger partial charge in [-0.05, 0) is 25.2 Å². The summed E-state index contributed by atoms with van der Waals surface area (Å²) in [5.41, 5.74) is -0.671. The second-order valence-corrected chi connectivity index (χ2v) is 5.87. The van der Waals surface area contributed by atoms with Crippen LogP contribution < -0.4 is 5.32 Å². The van der Waals surface area contributed by atoms with Crippen LogP contribution in [0.2, 0.25) is 0 Å². The molecule has 19 heavy (non-hydrogen) atoms. The highest BCUT2D eigenvalue weighted by Crippen LogP contribution is 2.37. The summed E-state index contributed by atoms with van der Waals surface area (Å²) in [5.74, 6) is 0.189. The third-order valence-corrected chi connectivity index (χ3v) is 3.61. The number of rotatable bonds is 6. The van der Waals surface area contributed by atoms with Gasteiger partial charge in [0.05, 0.1) is 19.3 Å². The van der Waals surface area contributed by atoms with Crippen molar-refractivity contribution in [2.45, 2.75) is 44.8 Å². The van der Waals surface area contributed by atoms with E-state index in [1.807, 2.05) is 13.8 Å². The largest absolute Gasteiger partial charge is 0.389 e. The number of ether oxygens (including phenoxy) is 1. The standard InChI is InChI=1S/C13H22N2O4/c1-9(2)7-19-8-10(16)6-15-11(17)13(4-3-5-13)14-12(15)18/h9-10,16H,3-8H2,1-2H3,(H,14,18)/t10-/m1/s1. The van der Waals surface area contributed by atoms with Crippen molar-refractivity contribution >= 4 is 11.9 Å². The van der Waals surface area contributed by atoms with Crippen molar-refractivity contribution < 1.29 is 19.4 Å². The summed E-state index contributed by atoms with van der Waals surface area (Å²) < 4.78 is 5.31. The van der Waals surface area contributed by atoms with Gasteiger partial charge in [0, 0.05) is 6.61 Å². The molecule has 2 N–H and O–H groups in total. The number of amides is 3. The molecule has 2 fully saturated rings. The molecule has 2 aliphatic rings. The molecular formula is C13H22N2O4. The van der Waals surface area contributed by atoms with Crippen LogP contribution in [-0.4, -0.2) is 53.3 Å². The SMILES string of the molecule is CC(C)COC[C@H](O)CN1C(=O)NC2(CCC2)C1=O. The van der Waals surface area contributed by atoms with Crippen LogP contribution in [0.5, 0.6) is 0 Å². The average molecular weight is 270 g/mol. The number of carbonyl (C=O) groups is 2. The van der Waals surface area contributed by atoms with Crippen molar-refractivity contribution in [1.29, 1.82) is 0 Å². The van der Waals surface area contributed by atoms with Gasteiger partial charge < -0.3 is 15.2 Å². The maximum Gasteiger partial charge on any atom is 0.325 e. The van der Waals surface area contributed by atoms with Crippen LogP contribution in [-0.2, 0) is 9.53 Å². The molecule has 1 saturated heterocycles. The predicted octanol–water partition coefficient (Wildman–Crippen LogP) is 0.494. The number of aliphatic hydroxyl groups is 1. The Morgan fingerprint density at radius 1 is 1.37 bits per heavy atom. The molecule has 1 aliphatic carbocycles. The van der Waals surface area contributed by atoms with Crippen molar-refractivity contribution in [3.05, 3.63) is 0 Å². The van der Waals surface area contributed by atoms with Crippen LogP contribution >= 0.6 is 0 Å². The van der Waals surface area contributed by atoms with Crippen molar-refractivity contribution in [3.8, 4) is 0 Å². The van der Waals surface area contributed by atoms with E-state index < -0.39 is 17.7 Å². The zero-order chi connectivity index (χ0) is 14.0. The molecular weight excluding hydrogens is 248 g/mol. The fraction of sp³-hybridized carbons (Fsp3) is 0.846. The van der Waals surface area contributed by atoms with Crippen LogP contribution in [0.15, 0.2) is 0 Å². The highest BCUT2D eigenvalue weighted by atomic mass is 16.5. The summed E-state index contributed by atoms with van der Waals surface area (Å²) in [4.78, 5) is 25.0. The summed E-state index contributed by atoms with van der Waals surface area (Å²) in [7, 11) is 0. The number of aliphatic hydroxyl groups excluding tert-OH is 1. The minimum atomic E-state index is -0.830. The smallest absolute Gasteiger partial charge is 0.325 e. The Balaban J connectivity index is 1.82. The van der Waals surface area contributed by atoms with Gasteiger partial charge in [0.15, 0.2) is 0 Å². The van der Waals surface area contributed by atoms with Crippen molar-refractivity contribution in [2.75, 3.05) is 19.8 Å². The molecule has 6 heteroatoms. The van der Waals surface area contributed by atoms with Gasteiger partial charge in [0.2, 0.25) is 0 Å². The van der Waals surface area contributed by atoms with E-state index in [-0.39, 0.29) is 19.1 Å². The topological polar surface area (TPSA) is 78.9 Å². The van der Waals surface area contributed by atoms with Gasteiger partial charge in [-0.3, -0.25) is 9.69 Å². The molecule has 1 spiro atoms. The summed E-state index contributed by atoms with van der Waals surface area (Å²) in [6.45, 7) is 4.74. The number of nitrogens with one attached hydrogen (secondary N) is 1. The third kappa shape index (κ3) is 2.90. The molecule has 6 nitrogen and oxygen atoms in total. The molecule has 0 aromatic carbocycles. The molecule has 0 aromatic heterocycles. The highest BCUT2D eigenvalue weighted by Gasteiger charge is 2.54. The van der Waals surface area contributed by atoms with Gasteiger partial charge in [-0.15, -0.1) is 0 Å². The van der Waals surface area contributed by atoms with Gasteiger partial charge in [0.1, 0.15) is 5.54 Å². The zero-order valence-corrected chi connectivity index (χ0v) is 11.5. The Labute approximate surface area is 113 Å². The lowest BCUT2D eigenvalue weighted by Crippen LogP contribution is -2.52. The monoisotopic (exact) mass is 270 g/mol. The summed E-state index contributed by atoms with van der Waals surface area (Å²) in [6, 6.07) is -0.396. The van der Waals surface area contributed by atoms with Crippen LogP contribution in [0.4, 0.5) is 4.79 Å². The van der Waals surface area contributed by atoms with E-state index >= 15 is 0 Å². The second-order valence-electron chi connectivity index (χ2n) is 5.87. The Morgan fingerprint density at radius 3 is 2.53 bits per heavy atom. The molecule has 1 aliphatic heterocycles. The number of hydrogen-bond acceptors (Lipinski definition) is 4. The fourth-order valence-corrected chi connectivity index (χ4v) is 2.41. The van der Waals surface area contributed by atoms with Crippen molar-refractivity contribution in [2.24, 2.45) is 5.92 Å². The van der Waals surface area contributed by atoms with E-state index in [2.05, 4.69) is 5.32 Å². The van der Waals surface area contributed by atoms with Crippen LogP contribution in [0.1, 0.15) is 33.1 Å². The van der Waals surface area contributed by atoms with Crippen LogP contribution in [0.25, 0.3) is 0 Å². The number of urea groups is 1. The minimum Gasteiger partial charge on any atom is -0.389 e. The maximum absolute atomic E-state index is 12.1. The molecule has 1 saturated carbocycles. The molecule has 1 atom stereocenters. The Bertz CT molecular complexity index is 366. The molecule has 0 bridgehead atoms. The van der Waals surface area contributed by atoms with E-state index in [1.54, 1.807) is 0 Å². The number of carbonyl (C=O) groups excluding carboxylic acids is 2. The lowest BCUT2D eigenvalue weighted by molar-refractivity contribution is -0.135. The predicted molar refractivity (Wildman–Crippen MR) is 68.5 cm³/mol.